The molecule has 0 atom stereocenters. The fraction of sp³-hybridized carbons (Fsp3) is 0.250. The van der Waals surface area contributed by atoms with Crippen molar-refractivity contribution >= 4 is 22.6 Å². The van der Waals surface area contributed by atoms with Crippen LogP contribution in [-0.4, -0.2) is 31.8 Å². The van der Waals surface area contributed by atoms with E-state index in [1.165, 1.54) is 10.8 Å². The quantitative estimate of drug-likeness (QED) is 0.483. The van der Waals surface area contributed by atoms with E-state index in [1.807, 2.05) is 50.2 Å². The summed E-state index contributed by atoms with van der Waals surface area (Å²) in [6.07, 6.45) is 1.65. The fourth-order valence-electron chi connectivity index (χ4n) is 3.52. The van der Waals surface area contributed by atoms with E-state index in [0.29, 0.717) is 34.9 Å². The Balaban J connectivity index is 1.55. The van der Waals surface area contributed by atoms with Gasteiger partial charge in [0.1, 0.15) is 17.0 Å². The summed E-state index contributed by atoms with van der Waals surface area (Å²) in [4.78, 5) is 30.2. The molecule has 4 rings (SSSR count). The second-order valence-corrected chi connectivity index (χ2v) is 7.47. The lowest BCUT2D eigenvalue weighted by Crippen LogP contribution is -2.26. The summed E-state index contributed by atoms with van der Waals surface area (Å²) in [6.45, 7) is 6.38. The number of ether oxygens (including phenoxy) is 1. The third kappa shape index (κ3) is 4.25. The Labute approximate surface area is 185 Å². The number of hydrogen-bond donors (Lipinski definition) is 1. The molecule has 2 aromatic heterocycles. The Kier molecular flexibility index (Phi) is 6.02. The van der Waals surface area contributed by atoms with Crippen LogP contribution < -0.4 is 15.6 Å². The first-order valence-electron chi connectivity index (χ1n) is 10.5. The average molecular weight is 431 g/mol. The molecule has 4 aromatic rings. The van der Waals surface area contributed by atoms with Crippen LogP contribution in [0.25, 0.3) is 16.7 Å². The highest BCUT2D eigenvalue weighted by molar-refractivity contribution is 5.92. The number of aromatic nitrogens is 4. The van der Waals surface area contributed by atoms with E-state index in [-0.39, 0.29) is 24.4 Å². The first kappa shape index (κ1) is 21.3. The zero-order chi connectivity index (χ0) is 22.7. The third-order valence-electron chi connectivity index (χ3n) is 5.18. The fourth-order valence-corrected chi connectivity index (χ4v) is 3.52. The molecule has 0 saturated heterocycles. The van der Waals surface area contributed by atoms with E-state index in [4.69, 9.17) is 4.74 Å². The number of anilines is 1. The minimum atomic E-state index is -0.214. The van der Waals surface area contributed by atoms with Gasteiger partial charge in [-0.1, -0.05) is 29.8 Å². The Morgan fingerprint density at radius 2 is 1.84 bits per heavy atom. The molecule has 164 valence electrons. The number of nitrogens with zero attached hydrogens (tertiary/aromatic N) is 4. The lowest BCUT2D eigenvalue weighted by atomic mass is 10.2. The van der Waals surface area contributed by atoms with E-state index in [1.54, 1.807) is 23.7 Å². The Morgan fingerprint density at radius 3 is 2.59 bits per heavy atom. The van der Waals surface area contributed by atoms with Crippen molar-refractivity contribution in [3.05, 3.63) is 76.5 Å². The summed E-state index contributed by atoms with van der Waals surface area (Å²) < 4.78 is 8.71. The van der Waals surface area contributed by atoms with Crippen molar-refractivity contribution in [3.8, 4) is 11.4 Å². The van der Waals surface area contributed by atoms with Crippen molar-refractivity contribution in [1.82, 2.24) is 19.3 Å². The van der Waals surface area contributed by atoms with Crippen molar-refractivity contribution in [2.24, 2.45) is 0 Å². The predicted molar refractivity (Wildman–Crippen MR) is 123 cm³/mol. The summed E-state index contributed by atoms with van der Waals surface area (Å²) in [7, 11) is 0. The Hall–Kier alpha value is -3.94. The van der Waals surface area contributed by atoms with E-state index >= 15 is 0 Å². The molecule has 0 saturated carbocycles. The second-order valence-electron chi connectivity index (χ2n) is 7.47. The minimum absolute atomic E-state index is 0.125. The summed E-state index contributed by atoms with van der Waals surface area (Å²) >= 11 is 0. The van der Waals surface area contributed by atoms with E-state index in [2.05, 4.69) is 15.4 Å². The molecule has 1 N–H and O–H groups in total. The van der Waals surface area contributed by atoms with E-state index in [9.17, 15) is 9.59 Å². The number of rotatable bonds is 7. The number of hydrogen-bond acceptors (Lipinski definition) is 5. The molecule has 0 spiro atoms. The van der Waals surface area contributed by atoms with Crippen molar-refractivity contribution in [2.45, 2.75) is 33.7 Å². The number of benzene rings is 2. The molecule has 32 heavy (non-hydrogen) atoms. The molecule has 0 radical (unpaired) electrons. The molecule has 0 bridgehead atoms. The summed E-state index contributed by atoms with van der Waals surface area (Å²) in [6, 6.07) is 15.1. The van der Waals surface area contributed by atoms with Gasteiger partial charge >= 0.3 is 0 Å². The monoisotopic (exact) mass is 431 g/mol. The first-order valence-corrected chi connectivity index (χ1v) is 10.5. The maximum atomic E-state index is 13.1. The molecule has 0 aliphatic heterocycles. The van der Waals surface area contributed by atoms with Crippen molar-refractivity contribution in [1.29, 1.82) is 0 Å². The molecular weight excluding hydrogens is 406 g/mol. The normalized spacial score (nSPS) is 11.0. The highest BCUT2D eigenvalue weighted by Gasteiger charge is 2.15. The molecular formula is C24H25N5O3. The van der Waals surface area contributed by atoms with Gasteiger partial charge in [-0.25, -0.2) is 9.67 Å². The van der Waals surface area contributed by atoms with Gasteiger partial charge in [0.25, 0.3) is 5.56 Å². The Bertz CT molecular complexity index is 1320. The third-order valence-corrected chi connectivity index (χ3v) is 5.18. The Morgan fingerprint density at radius 1 is 1.09 bits per heavy atom. The van der Waals surface area contributed by atoms with E-state index < -0.39 is 0 Å². The SMILES string of the molecule is CCOc1ccccc1NC(=O)CCn1c(C)nc2c(cnn2-c2ccc(C)cc2)c1=O. The molecule has 2 heterocycles. The maximum Gasteiger partial charge on any atom is 0.264 e. The first-order chi connectivity index (χ1) is 15.5. The predicted octanol–water partition coefficient (Wildman–Crippen LogP) is 3.63. The van der Waals surface area contributed by atoms with Gasteiger partial charge in [-0.2, -0.15) is 5.10 Å². The van der Waals surface area contributed by atoms with Crippen LogP contribution >= 0.6 is 0 Å². The zero-order valence-electron chi connectivity index (χ0n) is 18.3. The van der Waals surface area contributed by atoms with Gasteiger partial charge in [0.2, 0.25) is 5.91 Å². The van der Waals surface area contributed by atoms with Crippen LogP contribution in [-0.2, 0) is 11.3 Å². The van der Waals surface area contributed by atoms with Crippen molar-refractivity contribution < 1.29 is 9.53 Å². The minimum Gasteiger partial charge on any atom is -0.492 e. The van der Waals surface area contributed by atoms with Crippen LogP contribution in [0.4, 0.5) is 5.69 Å². The summed E-state index contributed by atoms with van der Waals surface area (Å²) in [5.74, 6) is 0.932. The van der Waals surface area contributed by atoms with Crippen LogP contribution in [0.5, 0.6) is 5.75 Å². The molecule has 8 heteroatoms. The van der Waals surface area contributed by atoms with Crippen LogP contribution in [0, 0.1) is 13.8 Å². The molecule has 8 nitrogen and oxygen atoms in total. The standard InChI is InChI=1S/C24H25N5O3/c1-4-32-21-8-6-5-7-20(21)27-22(30)13-14-28-17(3)26-23-19(24(28)31)15-25-29(23)18-11-9-16(2)10-12-18/h5-12,15H,4,13-14H2,1-3H3,(H,27,30). The van der Waals surface area contributed by atoms with Crippen LogP contribution in [0.3, 0.4) is 0 Å². The molecule has 0 unspecified atom stereocenters. The number of aryl methyl sites for hydroxylation is 2. The largest absolute Gasteiger partial charge is 0.492 e. The lowest BCUT2D eigenvalue weighted by molar-refractivity contribution is -0.116. The number of fused-ring (bicyclic) bond motifs is 1. The molecule has 0 aliphatic carbocycles. The van der Waals surface area contributed by atoms with E-state index in [0.717, 1.165) is 11.3 Å². The van der Waals surface area contributed by atoms with Crippen molar-refractivity contribution in [2.75, 3.05) is 11.9 Å². The highest BCUT2D eigenvalue weighted by atomic mass is 16.5. The number of para-hydroxylation sites is 2. The zero-order valence-corrected chi connectivity index (χ0v) is 18.3. The van der Waals surface area contributed by atoms with Gasteiger partial charge in [0.15, 0.2) is 5.65 Å². The van der Waals surface area contributed by atoms with Crippen molar-refractivity contribution in [3.63, 3.8) is 0 Å². The van der Waals surface area contributed by atoms with Gasteiger partial charge in [-0.05, 0) is 45.0 Å². The maximum absolute atomic E-state index is 13.1. The van der Waals surface area contributed by atoms with Crippen LogP contribution in [0.15, 0.2) is 59.5 Å². The average Bonchev–Trinajstić information content (AvgIpc) is 3.19. The molecule has 2 aromatic carbocycles. The molecule has 1 amide bonds. The lowest BCUT2D eigenvalue weighted by Gasteiger charge is -2.13. The van der Waals surface area contributed by atoms with Gasteiger partial charge in [-0.15, -0.1) is 0 Å². The number of carbonyl (C=O) groups is 1. The summed E-state index contributed by atoms with van der Waals surface area (Å²) in [5.41, 5.74) is 2.87. The molecule has 0 fully saturated rings. The smallest absolute Gasteiger partial charge is 0.264 e. The van der Waals surface area contributed by atoms with Gasteiger partial charge in [0, 0.05) is 13.0 Å². The topological polar surface area (TPSA) is 91.0 Å². The second kappa shape index (κ2) is 9.05. The summed E-state index contributed by atoms with van der Waals surface area (Å²) in [5, 5.41) is 7.63. The van der Waals surface area contributed by atoms with Gasteiger partial charge in [-0.3, -0.25) is 14.2 Å². The number of amides is 1. The number of carbonyl (C=O) groups excluding carboxylic acids is 1. The van der Waals surface area contributed by atoms with Gasteiger partial charge < -0.3 is 10.1 Å². The molecule has 0 aliphatic rings. The number of nitrogens with one attached hydrogen (secondary N) is 1. The van der Waals surface area contributed by atoms with Crippen LogP contribution in [0.1, 0.15) is 24.7 Å². The van der Waals surface area contributed by atoms with Crippen LogP contribution in [0.2, 0.25) is 0 Å². The van der Waals surface area contributed by atoms with Gasteiger partial charge in [0.05, 0.1) is 24.2 Å². The highest BCUT2D eigenvalue weighted by Crippen LogP contribution is 2.23.